The molecule has 0 aliphatic carbocycles. The maximum absolute atomic E-state index is 5.01. The first-order valence-corrected chi connectivity index (χ1v) is 3.85. The normalized spacial score (nSPS) is 9.50. The summed E-state index contributed by atoms with van der Waals surface area (Å²) < 4.78 is 5.01. The van der Waals surface area contributed by atoms with E-state index >= 15 is 0 Å². The summed E-state index contributed by atoms with van der Waals surface area (Å²) in [5.41, 5.74) is 1.96. The van der Waals surface area contributed by atoms with Crippen LogP contribution in [-0.2, 0) is 0 Å². The van der Waals surface area contributed by atoms with Crippen LogP contribution in [0.1, 0.15) is 11.4 Å². The standard InChI is InChI=1S/C7H8INO/c1-5-3-4-7(10-8)6(2)9-5/h3-4H,1-2H3. The number of hydrogen-bond acceptors (Lipinski definition) is 2. The van der Waals surface area contributed by atoms with Crippen molar-refractivity contribution in [3.8, 4) is 5.75 Å². The molecule has 0 saturated carbocycles. The molecular weight excluding hydrogens is 241 g/mol. The van der Waals surface area contributed by atoms with E-state index in [0.717, 1.165) is 17.1 Å². The van der Waals surface area contributed by atoms with Gasteiger partial charge in [0.15, 0.2) is 28.8 Å². The van der Waals surface area contributed by atoms with Crippen molar-refractivity contribution in [1.29, 1.82) is 0 Å². The minimum atomic E-state index is 0.839. The molecule has 2 nitrogen and oxygen atoms in total. The molecule has 0 unspecified atom stereocenters. The first-order chi connectivity index (χ1) is 4.74. The molecule has 0 fully saturated rings. The predicted molar refractivity (Wildman–Crippen MR) is 48.4 cm³/mol. The zero-order valence-corrected chi connectivity index (χ0v) is 8.05. The van der Waals surface area contributed by atoms with Gasteiger partial charge in [0.25, 0.3) is 0 Å². The summed E-state index contributed by atoms with van der Waals surface area (Å²) in [6.07, 6.45) is 0. The van der Waals surface area contributed by atoms with Gasteiger partial charge in [-0.3, -0.25) is 4.98 Å². The van der Waals surface area contributed by atoms with Crippen LogP contribution >= 0.6 is 23.0 Å². The van der Waals surface area contributed by atoms with Crippen molar-refractivity contribution in [3.05, 3.63) is 23.5 Å². The smallest absolute Gasteiger partial charge is 0.192 e. The van der Waals surface area contributed by atoms with E-state index in [1.54, 1.807) is 0 Å². The van der Waals surface area contributed by atoms with Gasteiger partial charge in [0, 0.05) is 5.69 Å². The molecular formula is C7H8INO. The topological polar surface area (TPSA) is 22.1 Å². The summed E-state index contributed by atoms with van der Waals surface area (Å²) >= 11 is 1.85. The monoisotopic (exact) mass is 249 g/mol. The number of halogens is 1. The Balaban J connectivity index is 3.07. The van der Waals surface area contributed by atoms with E-state index in [1.807, 2.05) is 49.0 Å². The average Bonchev–Trinajstić information content (AvgIpc) is 1.88. The van der Waals surface area contributed by atoms with Crippen LogP contribution in [0.4, 0.5) is 0 Å². The molecule has 3 heteroatoms. The minimum absolute atomic E-state index is 0.839. The Morgan fingerprint density at radius 2 is 2.10 bits per heavy atom. The molecule has 1 rings (SSSR count). The number of pyridine rings is 1. The summed E-state index contributed by atoms with van der Waals surface area (Å²) in [4.78, 5) is 4.21. The highest BCUT2D eigenvalue weighted by Crippen LogP contribution is 2.17. The van der Waals surface area contributed by atoms with Gasteiger partial charge < -0.3 is 3.07 Å². The van der Waals surface area contributed by atoms with Crippen LogP contribution in [-0.4, -0.2) is 4.98 Å². The minimum Gasteiger partial charge on any atom is -0.426 e. The van der Waals surface area contributed by atoms with Crippen LogP contribution in [0.5, 0.6) is 5.75 Å². The maximum atomic E-state index is 5.01. The lowest BCUT2D eigenvalue weighted by molar-refractivity contribution is 0.699. The highest BCUT2D eigenvalue weighted by molar-refractivity contribution is 14.1. The largest absolute Gasteiger partial charge is 0.426 e. The van der Waals surface area contributed by atoms with E-state index in [1.165, 1.54) is 0 Å². The summed E-state index contributed by atoms with van der Waals surface area (Å²) in [7, 11) is 0. The highest BCUT2D eigenvalue weighted by atomic mass is 127. The lowest BCUT2D eigenvalue weighted by Crippen LogP contribution is -1.87. The number of hydrogen-bond donors (Lipinski definition) is 0. The third-order valence-electron chi connectivity index (χ3n) is 1.26. The fourth-order valence-electron chi connectivity index (χ4n) is 0.755. The van der Waals surface area contributed by atoms with E-state index in [2.05, 4.69) is 4.98 Å². The fourth-order valence-corrected chi connectivity index (χ4v) is 1.22. The third kappa shape index (κ3) is 1.59. The summed E-state index contributed by atoms with van der Waals surface area (Å²) in [6, 6.07) is 3.85. The van der Waals surface area contributed by atoms with Gasteiger partial charge in [0.05, 0.1) is 5.69 Å². The quantitative estimate of drug-likeness (QED) is 0.713. The average molecular weight is 249 g/mol. The van der Waals surface area contributed by atoms with Crippen LogP contribution in [0.15, 0.2) is 12.1 Å². The van der Waals surface area contributed by atoms with Crippen molar-refractivity contribution in [2.75, 3.05) is 0 Å². The molecule has 0 aromatic carbocycles. The molecule has 0 spiro atoms. The second-order valence-corrected chi connectivity index (χ2v) is 2.55. The Labute approximate surface area is 74.3 Å². The Hall–Kier alpha value is -0.320. The van der Waals surface area contributed by atoms with Crippen molar-refractivity contribution in [2.24, 2.45) is 0 Å². The van der Waals surface area contributed by atoms with E-state index in [-0.39, 0.29) is 0 Å². The van der Waals surface area contributed by atoms with E-state index in [4.69, 9.17) is 3.07 Å². The molecule has 0 atom stereocenters. The lowest BCUT2D eigenvalue weighted by atomic mass is 10.3. The zero-order valence-electron chi connectivity index (χ0n) is 5.89. The number of aryl methyl sites for hydroxylation is 2. The molecule has 0 radical (unpaired) electrons. The van der Waals surface area contributed by atoms with Crippen molar-refractivity contribution in [1.82, 2.24) is 4.98 Å². The van der Waals surface area contributed by atoms with E-state index in [9.17, 15) is 0 Å². The molecule has 54 valence electrons. The van der Waals surface area contributed by atoms with Crippen LogP contribution < -0.4 is 3.07 Å². The molecule has 1 aromatic rings. The molecule has 1 heterocycles. The second-order valence-electron chi connectivity index (χ2n) is 2.11. The van der Waals surface area contributed by atoms with E-state index in [0.29, 0.717) is 0 Å². The molecule has 0 amide bonds. The summed E-state index contributed by atoms with van der Waals surface area (Å²) in [5.74, 6) is 0.839. The molecule has 0 aliphatic heterocycles. The number of rotatable bonds is 1. The van der Waals surface area contributed by atoms with Gasteiger partial charge in [0.2, 0.25) is 0 Å². The van der Waals surface area contributed by atoms with E-state index < -0.39 is 0 Å². The SMILES string of the molecule is Cc1ccc(OI)c(C)n1. The van der Waals surface area contributed by atoms with Crippen molar-refractivity contribution in [3.63, 3.8) is 0 Å². The first kappa shape index (κ1) is 7.78. The number of nitrogens with zero attached hydrogens (tertiary/aromatic N) is 1. The molecule has 0 N–H and O–H groups in total. The van der Waals surface area contributed by atoms with Crippen molar-refractivity contribution in [2.45, 2.75) is 13.8 Å². The fraction of sp³-hybridized carbons (Fsp3) is 0.286. The van der Waals surface area contributed by atoms with Crippen LogP contribution in [0.25, 0.3) is 0 Å². The maximum Gasteiger partial charge on any atom is 0.192 e. The van der Waals surface area contributed by atoms with Crippen molar-refractivity contribution >= 4 is 23.0 Å². The van der Waals surface area contributed by atoms with Gasteiger partial charge in [-0.15, -0.1) is 0 Å². The van der Waals surface area contributed by atoms with Crippen LogP contribution in [0, 0.1) is 13.8 Å². The van der Waals surface area contributed by atoms with Crippen molar-refractivity contribution < 1.29 is 3.07 Å². The molecule has 1 aromatic heterocycles. The third-order valence-corrected chi connectivity index (χ3v) is 1.73. The Kier molecular flexibility index (Phi) is 2.48. The molecule has 10 heavy (non-hydrogen) atoms. The first-order valence-electron chi connectivity index (χ1n) is 2.97. The molecule has 0 saturated heterocycles. The van der Waals surface area contributed by atoms with Crippen LogP contribution in [0.3, 0.4) is 0 Å². The predicted octanol–water partition coefficient (Wildman–Crippen LogP) is 2.43. The highest BCUT2D eigenvalue weighted by Gasteiger charge is 1.97. The summed E-state index contributed by atoms with van der Waals surface area (Å²) in [5, 5.41) is 0. The lowest BCUT2D eigenvalue weighted by Gasteiger charge is -2.00. The molecule has 0 bridgehead atoms. The van der Waals surface area contributed by atoms with Gasteiger partial charge in [-0.05, 0) is 26.0 Å². The van der Waals surface area contributed by atoms with Crippen LogP contribution in [0.2, 0.25) is 0 Å². The zero-order chi connectivity index (χ0) is 7.56. The number of aromatic nitrogens is 1. The Bertz CT molecular complexity index is 237. The summed E-state index contributed by atoms with van der Waals surface area (Å²) in [6.45, 7) is 3.89. The van der Waals surface area contributed by atoms with Gasteiger partial charge in [0.1, 0.15) is 0 Å². The van der Waals surface area contributed by atoms with Gasteiger partial charge >= 0.3 is 0 Å². The second kappa shape index (κ2) is 3.18. The van der Waals surface area contributed by atoms with Gasteiger partial charge in [-0.2, -0.15) is 0 Å². The Morgan fingerprint density at radius 3 is 2.60 bits per heavy atom. The van der Waals surface area contributed by atoms with Gasteiger partial charge in [-0.1, -0.05) is 0 Å². The Morgan fingerprint density at radius 1 is 1.40 bits per heavy atom. The van der Waals surface area contributed by atoms with Gasteiger partial charge in [-0.25, -0.2) is 0 Å². The molecule has 0 aliphatic rings.